The van der Waals surface area contributed by atoms with E-state index in [0.29, 0.717) is 6.42 Å². The molecule has 1 aromatic carbocycles. The van der Waals surface area contributed by atoms with E-state index in [2.05, 4.69) is 38.1 Å². The van der Waals surface area contributed by atoms with Gasteiger partial charge in [0.2, 0.25) is 0 Å². The molecule has 0 aromatic heterocycles. The van der Waals surface area contributed by atoms with E-state index >= 15 is 0 Å². The van der Waals surface area contributed by atoms with E-state index in [4.69, 9.17) is 0 Å². The van der Waals surface area contributed by atoms with Crippen molar-refractivity contribution < 1.29 is 4.39 Å². The number of benzene rings is 1. The van der Waals surface area contributed by atoms with Crippen molar-refractivity contribution in [3.8, 4) is 0 Å². The van der Waals surface area contributed by atoms with Crippen LogP contribution in [0, 0.1) is 0 Å². The fourth-order valence-corrected chi connectivity index (χ4v) is 8.02. The Labute approximate surface area is 107 Å². The molecule has 0 radical (unpaired) electrons. The minimum atomic E-state index is -1.22. The zero-order valence-corrected chi connectivity index (χ0v) is 13.8. The Hall–Kier alpha value is 0.0201. The standard InChI is InChI=1S/C10H12F.2C2H5.In/c1-9-4-2-5-10(8-9)6-3-7-11;2*1-2;/h2,4-5,8H,1,3,6-7H2;2*1H2,2H3;. The van der Waals surface area contributed by atoms with Crippen molar-refractivity contribution in [2.45, 2.75) is 39.2 Å². The first-order chi connectivity index (χ1) is 7.80. The second-order valence-corrected chi connectivity index (χ2v) is 15.3. The van der Waals surface area contributed by atoms with Gasteiger partial charge in [-0.1, -0.05) is 0 Å². The van der Waals surface area contributed by atoms with Crippen molar-refractivity contribution in [1.29, 1.82) is 0 Å². The third kappa shape index (κ3) is 4.90. The zero-order valence-electron chi connectivity index (χ0n) is 10.5. The second-order valence-electron chi connectivity index (χ2n) is 4.50. The van der Waals surface area contributed by atoms with Crippen LogP contribution in [-0.2, 0) is 10.6 Å². The average Bonchev–Trinajstić information content (AvgIpc) is 2.34. The molecule has 1 rings (SSSR count). The second kappa shape index (κ2) is 8.16. The Morgan fingerprint density at radius 2 is 1.81 bits per heavy atom. The van der Waals surface area contributed by atoms with Crippen molar-refractivity contribution in [3.63, 3.8) is 0 Å². The molecule has 0 saturated heterocycles. The van der Waals surface area contributed by atoms with Crippen molar-refractivity contribution >= 4 is 21.4 Å². The van der Waals surface area contributed by atoms with Crippen molar-refractivity contribution in [2.24, 2.45) is 0 Å². The van der Waals surface area contributed by atoms with E-state index in [0.717, 1.165) is 6.42 Å². The summed E-state index contributed by atoms with van der Waals surface area (Å²) in [6.07, 6.45) is 1.56. The summed E-state index contributed by atoms with van der Waals surface area (Å²) in [5.41, 5.74) is 2.81. The first-order valence-corrected chi connectivity index (χ1v) is 13.4. The molecule has 2 heteroatoms. The van der Waals surface area contributed by atoms with Gasteiger partial charge in [0.05, 0.1) is 0 Å². The Morgan fingerprint density at radius 1 is 1.12 bits per heavy atom. The quantitative estimate of drug-likeness (QED) is 0.705. The number of rotatable bonds is 7. The van der Waals surface area contributed by atoms with E-state index in [-0.39, 0.29) is 6.67 Å². The molecular weight excluding hydrogens is 302 g/mol. The van der Waals surface area contributed by atoms with Gasteiger partial charge >= 0.3 is 107 Å². The molecule has 0 amide bonds. The van der Waals surface area contributed by atoms with Crippen LogP contribution < -0.4 is 0 Å². The van der Waals surface area contributed by atoms with Crippen LogP contribution in [0.4, 0.5) is 4.39 Å². The molecule has 0 heterocycles. The van der Waals surface area contributed by atoms with Crippen LogP contribution >= 0.6 is 0 Å². The van der Waals surface area contributed by atoms with Crippen molar-refractivity contribution in [2.75, 3.05) is 6.67 Å². The Balaban J connectivity index is 2.59. The molecule has 0 atom stereocenters. The van der Waals surface area contributed by atoms with Gasteiger partial charge in [0.25, 0.3) is 0 Å². The summed E-state index contributed by atoms with van der Waals surface area (Å²) < 4.78 is 16.4. The summed E-state index contributed by atoms with van der Waals surface area (Å²) in [6.45, 7) is 4.49. The molecule has 0 fully saturated rings. The normalized spacial score (nSPS) is 10.4. The Morgan fingerprint density at radius 3 is 2.44 bits per heavy atom. The molecule has 0 aliphatic carbocycles. The number of halogens is 1. The van der Waals surface area contributed by atoms with Gasteiger partial charge in [0, 0.05) is 0 Å². The van der Waals surface area contributed by atoms with Crippen LogP contribution in [0.15, 0.2) is 24.3 Å². The zero-order chi connectivity index (χ0) is 11.8. The topological polar surface area (TPSA) is 0 Å². The number of hydrogen-bond donors (Lipinski definition) is 0. The first-order valence-electron chi connectivity index (χ1n) is 6.43. The van der Waals surface area contributed by atoms with Gasteiger partial charge in [-0.25, -0.2) is 0 Å². The molecule has 0 bridgehead atoms. The average molecular weight is 324 g/mol. The monoisotopic (exact) mass is 324 g/mol. The van der Waals surface area contributed by atoms with Gasteiger partial charge in [-0.2, -0.15) is 0 Å². The van der Waals surface area contributed by atoms with Gasteiger partial charge in [-0.15, -0.1) is 0 Å². The first kappa shape index (κ1) is 14.1. The maximum atomic E-state index is 12.1. The summed E-state index contributed by atoms with van der Waals surface area (Å²) in [4.78, 5) is 0. The maximum absolute atomic E-state index is 12.1. The molecule has 1 aromatic rings. The third-order valence-corrected chi connectivity index (χ3v) is 12.9. The number of hydrogen-bond acceptors (Lipinski definition) is 0. The predicted molar refractivity (Wildman–Crippen MR) is 71.2 cm³/mol. The summed E-state index contributed by atoms with van der Waals surface area (Å²) >= 11 is -1.22. The molecule has 0 nitrogen and oxygen atoms in total. The molecular formula is C14H22FIn. The Kier molecular flexibility index (Phi) is 7.18. The summed E-state index contributed by atoms with van der Waals surface area (Å²) in [6, 6.07) is 8.80. The van der Waals surface area contributed by atoms with Crippen LogP contribution in [0.2, 0.25) is 8.35 Å². The van der Waals surface area contributed by atoms with Gasteiger partial charge in [-0.3, -0.25) is 0 Å². The van der Waals surface area contributed by atoms with Gasteiger partial charge in [-0.05, 0) is 0 Å². The van der Waals surface area contributed by atoms with Gasteiger partial charge in [0.1, 0.15) is 0 Å². The fourth-order valence-electron chi connectivity index (χ4n) is 2.09. The van der Waals surface area contributed by atoms with E-state index in [1.807, 2.05) is 0 Å². The molecule has 0 spiro atoms. The predicted octanol–water partition coefficient (Wildman–Crippen LogP) is 4.21. The van der Waals surface area contributed by atoms with Crippen LogP contribution in [-0.4, -0.2) is 28.1 Å². The molecule has 0 aliphatic rings. The SMILES string of the molecule is C[CH2][In]([CH2]C)[CH2]c1cccc(CCCF)c1. The van der Waals surface area contributed by atoms with Crippen LogP contribution in [0.5, 0.6) is 0 Å². The fraction of sp³-hybridized carbons (Fsp3) is 0.571. The van der Waals surface area contributed by atoms with E-state index in [1.165, 1.54) is 23.7 Å². The van der Waals surface area contributed by atoms with Gasteiger partial charge < -0.3 is 0 Å². The van der Waals surface area contributed by atoms with Crippen molar-refractivity contribution in [3.05, 3.63) is 35.4 Å². The molecule has 0 unspecified atom stereocenters. The minimum absolute atomic E-state index is 0.198. The number of aryl methyl sites for hydroxylation is 1. The van der Waals surface area contributed by atoms with Crippen LogP contribution in [0.1, 0.15) is 31.4 Å². The molecule has 0 aliphatic heterocycles. The van der Waals surface area contributed by atoms with E-state index in [1.54, 1.807) is 0 Å². The van der Waals surface area contributed by atoms with Crippen LogP contribution in [0.3, 0.4) is 0 Å². The molecule has 0 N–H and O–H groups in total. The molecule has 88 valence electrons. The van der Waals surface area contributed by atoms with Gasteiger partial charge in [0.15, 0.2) is 0 Å². The van der Waals surface area contributed by atoms with E-state index in [9.17, 15) is 4.39 Å². The van der Waals surface area contributed by atoms with Crippen LogP contribution in [0.25, 0.3) is 0 Å². The summed E-state index contributed by atoms with van der Waals surface area (Å²) in [5.74, 6) is 0. The third-order valence-electron chi connectivity index (χ3n) is 3.27. The van der Waals surface area contributed by atoms with E-state index < -0.39 is 21.4 Å². The Bertz CT molecular complexity index is 295. The molecule has 16 heavy (non-hydrogen) atoms. The molecule has 0 saturated carbocycles. The number of alkyl halides is 1. The van der Waals surface area contributed by atoms with Crippen molar-refractivity contribution in [1.82, 2.24) is 0 Å². The summed E-state index contributed by atoms with van der Waals surface area (Å²) in [5, 5.41) is 0. The summed E-state index contributed by atoms with van der Waals surface area (Å²) in [7, 11) is 0.